The smallest absolute Gasteiger partial charge is 0.319 e. The number of benzene rings is 3. The number of para-hydroxylation sites is 2. The van der Waals surface area contributed by atoms with E-state index in [2.05, 4.69) is 51.9 Å². The van der Waals surface area contributed by atoms with Crippen molar-refractivity contribution in [1.82, 2.24) is 5.32 Å². The molecule has 3 aromatic carbocycles. The van der Waals surface area contributed by atoms with Gasteiger partial charge in [0.05, 0.1) is 5.69 Å². The molecule has 0 aliphatic carbocycles. The average Bonchev–Trinajstić information content (AvgIpc) is 2.76. The Morgan fingerprint density at radius 2 is 1.39 bits per heavy atom. The van der Waals surface area contributed by atoms with Gasteiger partial charge in [-0.25, -0.2) is 4.79 Å². The maximum atomic E-state index is 12.6. The van der Waals surface area contributed by atoms with Gasteiger partial charge < -0.3 is 15.5 Å². The average molecular weight is 371 g/mol. The minimum absolute atomic E-state index is 0.137. The highest BCUT2D eigenvalue weighted by Crippen LogP contribution is 2.27. The molecule has 3 aromatic rings. The van der Waals surface area contributed by atoms with Crippen LogP contribution in [-0.4, -0.2) is 25.2 Å². The van der Waals surface area contributed by atoms with Crippen LogP contribution >= 0.6 is 0 Å². The zero-order valence-corrected chi connectivity index (χ0v) is 15.8. The van der Waals surface area contributed by atoms with Gasteiger partial charge in [0.15, 0.2) is 0 Å². The Morgan fingerprint density at radius 1 is 0.786 bits per heavy atom. The molecule has 0 spiro atoms. The maximum absolute atomic E-state index is 12.6. The molecule has 0 atom stereocenters. The van der Waals surface area contributed by atoms with Gasteiger partial charge in [-0.05, 0) is 36.6 Å². The van der Waals surface area contributed by atoms with Crippen LogP contribution in [0.4, 0.5) is 16.2 Å². The van der Waals surface area contributed by atoms with Gasteiger partial charge in [0.1, 0.15) is 0 Å². The Morgan fingerprint density at radius 3 is 2.11 bits per heavy atom. The van der Waals surface area contributed by atoms with Crippen LogP contribution in [0.25, 0.3) is 11.1 Å². The summed E-state index contributed by atoms with van der Waals surface area (Å²) in [6, 6.07) is 28.5. The van der Waals surface area contributed by atoms with Crippen LogP contribution in [-0.2, 0) is 0 Å². The van der Waals surface area contributed by atoms with Crippen molar-refractivity contribution in [3.8, 4) is 11.1 Å². The van der Waals surface area contributed by atoms with Gasteiger partial charge in [-0.15, -0.1) is 0 Å². The summed E-state index contributed by atoms with van der Waals surface area (Å²) in [6.45, 7) is 1.91. The molecule has 28 heavy (non-hydrogen) atoms. The number of hydrogen-bond donors (Lipinski definition) is 2. The molecule has 0 bridgehead atoms. The fourth-order valence-corrected chi connectivity index (χ4v) is 3.73. The maximum Gasteiger partial charge on any atom is 0.319 e. The first-order valence-electron chi connectivity index (χ1n) is 9.81. The van der Waals surface area contributed by atoms with Crippen molar-refractivity contribution < 1.29 is 4.79 Å². The first-order chi connectivity index (χ1) is 13.8. The second-order valence-corrected chi connectivity index (χ2v) is 7.11. The third kappa shape index (κ3) is 4.34. The molecule has 1 heterocycles. The quantitative estimate of drug-likeness (QED) is 0.667. The van der Waals surface area contributed by atoms with Crippen molar-refractivity contribution in [2.45, 2.75) is 18.9 Å². The minimum Gasteiger partial charge on any atom is -0.371 e. The van der Waals surface area contributed by atoms with Gasteiger partial charge in [-0.1, -0.05) is 66.7 Å². The molecule has 0 unspecified atom stereocenters. The first-order valence-corrected chi connectivity index (χ1v) is 9.81. The Labute approximate surface area is 166 Å². The molecule has 142 valence electrons. The summed E-state index contributed by atoms with van der Waals surface area (Å²) in [6.07, 6.45) is 1.89. The molecule has 0 saturated carbocycles. The predicted octanol–water partition coefficient (Wildman–Crippen LogP) is 5.14. The fraction of sp³-hybridized carbons (Fsp3) is 0.208. The number of hydrogen-bond acceptors (Lipinski definition) is 2. The van der Waals surface area contributed by atoms with Crippen LogP contribution in [0, 0.1) is 0 Å². The second-order valence-electron chi connectivity index (χ2n) is 7.11. The van der Waals surface area contributed by atoms with Crippen molar-refractivity contribution in [3.05, 3.63) is 84.9 Å². The summed E-state index contributed by atoms with van der Waals surface area (Å²) in [5, 5.41) is 6.18. The van der Waals surface area contributed by atoms with E-state index in [0.717, 1.165) is 42.7 Å². The van der Waals surface area contributed by atoms with Gasteiger partial charge in [-0.2, -0.15) is 0 Å². The van der Waals surface area contributed by atoms with Gasteiger partial charge in [-0.3, -0.25) is 0 Å². The molecule has 1 aliphatic heterocycles. The number of nitrogens with one attached hydrogen (secondary N) is 2. The summed E-state index contributed by atoms with van der Waals surface area (Å²) >= 11 is 0. The Kier molecular flexibility index (Phi) is 5.57. The third-order valence-corrected chi connectivity index (χ3v) is 5.21. The van der Waals surface area contributed by atoms with Crippen molar-refractivity contribution in [2.24, 2.45) is 0 Å². The number of urea groups is 1. The van der Waals surface area contributed by atoms with Gasteiger partial charge in [0, 0.05) is 30.4 Å². The van der Waals surface area contributed by atoms with E-state index in [0.29, 0.717) is 0 Å². The summed E-state index contributed by atoms with van der Waals surface area (Å²) in [5.74, 6) is 0. The van der Waals surface area contributed by atoms with Crippen molar-refractivity contribution in [2.75, 3.05) is 23.3 Å². The molecule has 4 nitrogen and oxygen atoms in total. The van der Waals surface area contributed by atoms with Gasteiger partial charge >= 0.3 is 6.03 Å². The molecular weight excluding hydrogens is 346 g/mol. The van der Waals surface area contributed by atoms with Crippen molar-refractivity contribution >= 4 is 17.4 Å². The van der Waals surface area contributed by atoms with E-state index in [1.807, 2.05) is 48.5 Å². The zero-order chi connectivity index (χ0) is 19.2. The van der Waals surface area contributed by atoms with E-state index in [1.165, 1.54) is 5.69 Å². The second kappa shape index (κ2) is 8.61. The lowest BCUT2D eigenvalue weighted by Crippen LogP contribution is -2.46. The number of piperidine rings is 1. The van der Waals surface area contributed by atoms with Crippen molar-refractivity contribution in [3.63, 3.8) is 0 Å². The van der Waals surface area contributed by atoms with Crippen LogP contribution in [0.1, 0.15) is 12.8 Å². The summed E-state index contributed by atoms with van der Waals surface area (Å²) in [5.41, 5.74) is 4.20. The Hall–Kier alpha value is -3.27. The predicted molar refractivity (Wildman–Crippen MR) is 116 cm³/mol. The summed E-state index contributed by atoms with van der Waals surface area (Å²) < 4.78 is 0. The lowest BCUT2D eigenvalue weighted by atomic mass is 10.0. The lowest BCUT2D eigenvalue weighted by molar-refractivity contribution is 0.246. The topological polar surface area (TPSA) is 44.4 Å². The molecule has 0 radical (unpaired) electrons. The van der Waals surface area contributed by atoms with Crippen LogP contribution in [0.2, 0.25) is 0 Å². The Balaban J connectivity index is 1.35. The first kappa shape index (κ1) is 18.1. The number of rotatable bonds is 4. The molecule has 1 fully saturated rings. The number of amides is 2. The molecule has 4 heteroatoms. The molecule has 2 N–H and O–H groups in total. The molecular formula is C24H25N3O. The molecule has 1 saturated heterocycles. The lowest BCUT2D eigenvalue weighted by Gasteiger charge is -2.34. The number of carbonyl (C=O) groups excluding carboxylic acids is 1. The molecule has 4 rings (SSSR count). The van der Waals surface area contributed by atoms with Gasteiger partial charge in [0.25, 0.3) is 0 Å². The third-order valence-electron chi connectivity index (χ3n) is 5.21. The normalized spacial score (nSPS) is 14.5. The van der Waals surface area contributed by atoms with Crippen LogP contribution < -0.4 is 15.5 Å². The van der Waals surface area contributed by atoms with Crippen LogP contribution in [0.15, 0.2) is 84.9 Å². The minimum atomic E-state index is -0.137. The highest BCUT2D eigenvalue weighted by Gasteiger charge is 2.21. The van der Waals surface area contributed by atoms with E-state index in [4.69, 9.17) is 0 Å². The largest absolute Gasteiger partial charge is 0.371 e. The molecule has 0 aromatic heterocycles. The number of anilines is 2. The summed E-state index contributed by atoms with van der Waals surface area (Å²) in [4.78, 5) is 15.0. The highest BCUT2D eigenvalue weighted by molar-refractivity contribution is 5.94. The number of nitrogens with zero attached hydrogens (tertiary/aromatic N) is 1. The highest BCUT2D eigenvalue weighted by atomic mass is 16.2. The zero-order valence-electron chi connectivity index (χ0n) is 15.8. The van der Waals surface area contributed by atoms with Crippen LogP contribution in [0.3, 0.4) is 0 Å². The Bertz CT molecular complexity index is 903. The van der Waals surface area contributed by atoms with E-state index in [-0.39, 0.29) is 12.1 Å². The number of carbonyl (C=O) groups is 1. The molecule has 1 aliphatic rings. The van der Waals surface area contributed by atoms with Crippen LogP contribution in [0.5, 0.6) is 0 Å². The van der Waals surface area contributed by atoms with E-state index >= 15 is 0 Å². The molecule has 2 amide bonds. The summed E-state index contributed by atoms with van der Waals surface area (Å²) in [7, 11) is 0. The van der Waals surface area contributed by atoms with Crippen molar-refractivity contribution in [1.29, 1.82) is 0 Å². The SMILES string of the molecule is O=C(Nc1ccccc1-c1ccccc1)NC1CCN(c2ccccc2)CC1. The van der Waals surface area contributed by atoms with E-state index in [9.17, 15) is 4.79 Å². The fourth-order valence-electron chi connectivity index (χ4n) is 3.73. The van der Waals surface area contributed by atoms with Gasteiger partial charge in [0.2, 0.25) is 0 Å². The monoisotopic (exact) mass is 371 g/mol. The van der Waals surface area contributed by atoms with E-state index < -0.39 is 0 Å². The standard InChI is InChI=1S/C24H25N3O/c28-24(25-20-15-17-27(18-16-20)21-11-5-2-6-12-21)26-23-14-8-7-13-22(23)19-9-3-1-4-10-19/h1-14,20H,15-18H2,(H2,25,26,28). The van der Waals surface area contributed by atoms with E-state index in [1.54, 1.807) is 0 Å².